The van der Waals surface area contributed by atoms with Crippen LogP contribution in [0.15, 0.2) is 12.1 Å². The van der Waals surface area contributed by atoms with Gasteiger partial charge >= 0.3 is 0 Å². The van der Waals surface area contributed by atoms with Crippen molar-refractivity contribution in [2.24, 2.45) is 29.6 Å². The number of nitrogens with one attached hydrogen (secondary N) is 1. The number of fused-ring (bicyclic) bond motifs is 5. The molecule has 4 rings (SSSR count). The topological polar surface area (TPSA) is 55.1 Å². The third-order valence-electron chi connectivity index (χ3n) is 5.64. The molecular weight excluding hydrogens is 272 g/mol. The number of hydrogen-bond acceptors (Lipinski definition) is 2. The summed E-state index contributed by atoms with van der Waals surface area (Å²) in [6.07, 6.45) is 4.04. The molecule has 1 aromatic rings. The molecule has 0 heterocycles. The van der Waals surface area contributed by atoms with Crippen molar-refractivity contribution >= 4 is 28.9 Å². The summed E-state index contributed by atoms with van der Waals surface area (Å²) in [6, 6.07) is 3.58. The van der Waals surface area contributed by atoms with Crippen molar-refractivity contribution in [2.45, 2.75) is 26.2 Å². The van der Waals surface area contributed by atoms with Crippen LogP contribution >= 0.6 is 11.6 Å². The SMILES string of the molecule is Cc1cc(N)c(Cl)cc1NC(=O)C1C2C3CCC(C3)C12. The first-order valence-corrected chi connectivity index (χ1v) is 7.80. The Hall–Kier alpha value is -1.22. The lowest BCUT2D eigenvalue weighted by Crippen LogP contribution is -2.19. The van der Waals surface area contributed by atoms with Crippen LogP contribution < -0.4 is 11.1 Å². The first-order valence-electron chi connectivity index (χ1n) is 7.42. The highest BCUT2D eigenvalue weighted by molar-refractivity contribution is 6.33. The number of anilines is 2. The minimum atomic E-state index is 0.181. The van der Waals surface area contributed by atoms with Crippen LogP contribution in [0.1, 0.15) is 24.8 Å². The smallest absolute Gasteiger partial charge is 0.228 e. The minimum absolute atomic E-state index is 0.181. The van der Waals surface area contributed by atoms with E-state index in [1.54, 1.807) is 6.07 Å². The van der Waals surface area contributed by atoms with E-state index in [4.69, 9.17) is 17.3 Å². The summed E-state index contributed by atoms with van der Waals surface area (Å²) in [7, 11) is 0. The van der Waals surface area contributed by atoms with Gasteiger partial charge in [-0.2, -0.15) is 0 Å². The molecule has 3 aliphatic rings. The van der Waals surface area contributed by atoms with Crippen LogP contribution in [0.3, 0.4) is 0 Å². The van der Waals surface area contributed by atoms with Crippen molar-refractivity contribution in [3.63, 3.8) is 0 Å². The van der Waals surface area contributed by atoms with Crippen molar-refractivity contribution in [3.05, 3.63) is 22.7 Å². The Kier molecular flexibility index (Phi) is 2.59. The van der Waals surface area contributed by atoms with Crippen LogP contribution in [-0.2, 0) is 4.79 Å². The predicted molar refractivity (Wildman–Crippen MR) is 80.5 cm³/mol. The zero-order valence-electron chi connectivity index (χ0n) is 11.5. The number of benzene rings is 1. The zero-order chi connectivity index (χ0) is 14.0. The van der Waals surface area contributed by atoms with Crippen LogP contribution in [0.5, 0.6) is 0 Å². The van der Waals surface area contributed by atoms with Gasteiger partial charge in [0.1, 0.15) is 0 Å². The Morgan fingerprint density at radius 1 is 1.30 bits per heavy atom. The fourth-order valence-corrected chi connectivity index (χ4v) is 4.89. The summed E-state index contributed by atoms with van der Waals surface area (Å²) in [5.41, 5.74) is 8.09. The van der Waals surface area contributed by atoms with E-state index < -0.39 is 0 Å². The van der Waals surface area contributed by atoms with Crippen molar-refractivity contribution in [1.82, 2.24) is 0 Å². The van der Waals surface area contributed by atoms with Gasteiger partial charge in [0.15, 0.2) is 0 Å². The molecule has 0 radical (unpaired) electrons. The normalized spacial score (nSPS) is 36.8. The molecule has 1 aromatic carbocycles. The lowest BCUT2D eigenvalue weighted by Gasteiger charge is -2.12. The number of carbonyl (C=O) groups is 1. The number of nitrogen functional groups attached to an aromatic ring is 1. The fraction of sp³-hybridized carbons (Fsp3) is 0.562. The summed E-state index contributed by atoms with van der Waals surface area (Å²) >= 11 is 6.04. The number of carbonyl (C=O) groups excluding carboxylic acids is 1. The van der Waals surface area contributed by atoms with Gasteiger partial charge in [0.05, 0.1) is 10.7 Å². The Labute approximate surface area is 123 Å². The number of aryl methyl sites for hydroxylation is 1. The Balaban J connectivity index is 1.51. The Morgan fingerprint density at radius 2 is 1.95 bits per heavy atom. The summed E-state index contributed by atoms with van der Waals surface area (Å²) in [5, 5.41) is 3.56. The molecule has 4 unspecified atom stereocenters. The average molecular weight is 291 g/mol. The van der Waals surface area contributed by atoms with Gasteiger partial charge in [-0.1, -0.05) is 11.6 Å². The molecular formula is C16H19ClN2O. The predicted octanol–water partition coefficient (Wildman–Crippen LogP) is 3.46. The minimum Gasteiger partial charge on any atom is -0.398 e. The Bertz CT molecular complexity index is 584. The van der Waals surface area contributed by atoms with Gasteiger partial charge in [-0.05, 0) is 67.6 Å². The number of nitrogens with two attached hydrogens (primary N) is 1. The molecule has 0 aliphatic heterocycles. The van der Waals surface area contributed by atoms with E-state index in [2.05, 4.69) is 5.32 Å². The van der Waals surface area contributed by atoms with Crippen LogP contribution in [0, 0.1) is 36.5 Å². The van der Waals surface area contributed by atoms with Gasteiger partial charge in [0.25, 0.3) is 0 Å². The average Bonchev–Trinajstić information content (AvgIpc) is 2.85. The van der Waals surface area contributed by atoms with E-state index in [1.165, 1.54) is 19.3 Å². The van der Waals surface area contributed by atoms with E-state index in [1.807, 2.05) is 13.0 Å². The Morgan fingerprint density at radius 3 is 2.60 bits per heavy atom. The van der Waals surface area contributed by atoms with Crippen molar-refractivity contribution in [1.29, 1.82) is 0 Å². The maximum Gasteiger partial charge on any atom is 0.228 e. The van der Waals surface area contributed by atoms with Crippen LogP contribution in [0.4, 0.5) is 11.4 Å². The third-order valence-corrected chi connectivity index (χ3v) is 5.97. The summed E-state index contributed by atoms with van der Waals surface area (Å²) < 4.78 is 0. The van der Waals surface area contributed by atoms with E-state index >= 15 is 0 Å². The highest BCUT2D eigenvalue weighted by Crippen LogP contribution is 2.69. The molecule has 0 saturated heterocycles. The van der Waals surface area contributed by atoms with Gasteiger partial charge in [0.2, 0.25) is 5.91 Å². The van der Waals surface area contributed by atoms with Crippen LogP contribution in [-0.4, -0.2) is 5.91 Å². The number of rotatable bonds is 2. The van der Waals surface area contributed by atoms with Gasteiger partial charge in [-0.3, -0.25) is 4.79 Å². The standard InChI is InChI=1S/C16H19ClN2O/c1-7-4-11(18)10(17)6-12(7)19-16(20)15-13-8-2-3-9(5-8)14(13)15/h4,6,8-9,13-15H,2-3,5,18H2,1H3,(H,19,20). The van der Waals surface area contributed by atoms with Gasteiger partial charge in [0, 0.05) is 11.6 Å². The first kappa shape index (κ1) is 12.5. The van der Waals surface area contributed by atoms with E-state index in [9.17, 15) is 4.79 Å². The summed E-state index contributed by atoms with van der Waals surface area (Å²) in [5.74, 6) is 3.39. The monoisotopic (exact) mass is 290 g/mol. The second-order valence-corrected chi connectivity index (χ2v) is 7.10. The second kappa shape index (κ2) is 4.14. The van der Waals surface area contributed by atoms with Crippen molar-refractivity contribution in [3.8, 4) is 0 Å². The fourth-order valence-electron chi connectivity index (χ4n) is 4.73. The molecule has 20 heavy (non-hydrogen) atoms. The van der Waals surface area contributed by atoms with E-state index in [-0.39, 0.29) is 11.8 Å². The van der Waals surface area contributed by atoms with Gasteiger partial charge < -0.3 is 11.1 Å². The molecule has 2 bridgehead atoms. The van der Waals surface area contributed by atoms with Gasteiger partial charge in [-0.25, -0.2) is 0 Å². The summed E-state index contributed by atoms with van der Waals surface area (Å²) in [6.45, 7) is 1.94. The molecule has 106 valence electrons. The van der Waals surface area contributed by atoms with Crippen molar-refractivity contribution < 1.29 is 4.79 Å². The molecule has 3 aliphatic carbocycles. The quantitative estimate of drug-likeness (QED) is 0.820. The second-order valence-electron chi connectivity index (χ2n) is 6.69. The largest absolute Gasteiger partial charge is 0.398 e. The number of hydrogen-bond donors (Lipinski definition) is 2. The lowest BCUT2D eigenvalue weighted by atomic mass is 10.0. The third kappa shape index (κ3) is 1.69. The zero-order valence-corrected chi connectivity index (χ0v) is 12.3. The molecule has 1 amide bonds. The highest BCUT2D eigenvalue weighted by Gasteiger charge is 2.67. The maximum atomic E-state index is 12.5. The number of amides is 1. The van der Waals surface area contributed by atoms with Crippen LogP contribution in [0.2, 0.25) is 5.02 Å². The maximum absolute atomic E-state index is 12.5. The first-order chi connectivity index (χ1) is 9.56. The van der Waals surface area contributed by atoms with Crippen LogP contribution in [0.25, 0.3) is 0 Å². The highest BCUT2D eigenvalue weighted by atomic mass is 35.5. The molecule has 0 spiro atoms. The molecule has 3 N–H and O–H groups in total. The van der Waals surface area contributed by atoms with E-state index in [0.29, 0.717) is 22.5 Å². The molecule has 3 nitrogen and oxygen atoms in total. The molecule has 3 fully saturated rings. The molecule has 3 saturated carbocycles. The van der Waals surface area contributed by atoms with E-state index in [0.717, 1.165) is 23.1 Å². The number of halogens is 1. The molecule has 4 atom stereocenters. The van der Waals surface area contributed by atoms with Gasteiger partial charge in [-0.15, -0.1) is 0 Å². The lowest BCUT2D eigenvalue weighted by molar-refractivity contribution is -0.118. The van der Waals surface area contributed by atoms with Crippen molar-refractivity contribution in [2.75, 3.05) is 11.1 Å². The summed E-state index contributed by atoms with van der Waals surface area (Å²) in [4.78, 5) is 12.5. The molecule has 4 heteroatoms. The molecule has 0 aromatic heterocycles.